The normalized spacial score (nSPS) is 13.4. The van der Waals surface area contributed by atoms with Crippen molar-refractivity contribution in [2.45, 2.75) is 31.6 Å². The number of fused-ring (bicyclic) bond motifs is 1. The molecule has 0 fully saturated rings. The minimum atomic E-state index is -4.41. The average Bonchev–Trinajstić information content (AvgIpc) is 3.39. The maximum absolute atomic E-state index is 13.1. The summed E-state index contributed by atoms with van der Waals surface area (Å²) >= 11 is 0. The van der Waals surface area contributed by atoms with E-state index in [0.29, 0.717) is 31.6 Å². The third-order valence-electron chi connectivity index (χ3n) is 6.88. The molecule has 0 saturated heterocycles. The van der Waals surface area contributed by atoms with Crippen LogP contribution in [0.5, 0.6) is 0 Å². The van der Waals surface area contributed by atoms with Crippen molar-refractivity contribution < 1.29 is 22.8 Å². The lowest BCUT2D eigenvalue weighted by Gasteiger charge is -2.27. The molecule has 4 aromatic rings. The highest BCUT2D eigenvalue weighted by molar-refractivity contribution is 5.98. The van der Waals surface area contributed by atoms with Gasteiger partial charge in [-0.15, -0.1) is 0 Å². The number of nitrogens with one attached hydrogen (secondary N) is 1. The summed E-state index contributed by atoms with van der Waals surface area (Å²) in [5, 5.41) is 7.26. The zero-order chi connectivity index (χ0) is 27.4. The molecule has 0 radical (unpaired) electrons. The standard InChI is InChI=1S/C30H27F3N4O2/c31-30(32,33)24-13-11-21(12-14-24)20-36-17-18-37-27(29(36)39)19-26(35-37)28(38)34-16-15-25(22-7-3-1-4-8-22)23-9-5-2-6-10-23/h1-14,19,25H,15-18,20H2,(H,34,38). The van der Waals surface area contributed by atoms with Crippen molar-refractivity contribution in [2.75, 3.05) is 13.1 Å². The van der Waals surface area contributed by atoms with E-state index >= 15 is 0 Å². The summed E-state index contributed by atoms with van der Waals surface area (Å²) in [6.45, 7) is 1.32. The zero-order valence-electron chi connectivity index (χ0n) is 21.1. The Morgan fingerprint density at radius 2 is 1.51 bits per heavy atom. The van der Waals surface area contributed by atoms with Crippen LogP contribution in [0.25, 0.3) is 0 Å². The lowest BCUT2D eigenvalue weighted by Crippen LogP contribution is -2.39. The largest absolute Gasteiger partial charge is 0.416 e. The fourth-order valence-corrected chi connectivity index (χ4v) is 4.84. The number of benzene rings is 3. The molecule has 0 aliphatic carbocycles. The molecular formula is C30H27F3N4O2. The molecule has 1 aliphatic heterocycles. The van der Waals surface area contributed by atoms with Gasteiger partial charge in [0.2, 0.25) is 0 Å². The topological polar surface area (TPSA) is 67.2 Å². The van der Waals surface area contributed by atoms with Crippen LogP contribution in [0.4, 0.5) is 13.2 Å². The maximum atomic E-state index is 13.1. The summed E-state index contributed by atoms with van der Waals surface area (Å²) in [4.78, 5) is 27.5. The first-order valence-electron chi connectivity index (χ1n) is 12.7. The average molecular weight is 533 g/mol. The summed E-state index contributed by atoms with van der Waals surface area (Å²) < 4.78 is 40.0. The van der Waals surface area contributed by atoms with Gasteiger partial charge in [0, 0.05) is 31.6 Å². The summed E-state index contributed by atoms with van der Waals surface area (Å²) in [6.07, 6.45) is -3.72. The second-order valence-corrected chi connectivity index (χ2v) is 9.48. The summed E-state index contributed by atoms with van der Waals surface area (Å²) in [5.41, 5.74) is 2.62. The number of carbonyl (C=O) groups excluding carboxylic acids is 2. The number of hydrogen-bond donors (Lipinski definition) is 1. The monoisotopic (exact) mass is 532 g/mol. The Morgan fingerprint density at radius 1 is 0.897 bits per heavy atom. The van der Waals surface area contributed by atoms with Crippen LogP contribution in [0.2, 0.25) is 0 Å². The molecule has 1 N–H and O–H groups in total. The van der Waals surface area contributed by atoms with E-state index in [1.807, 2.05) is 36.4 Å². The van der Waals surface area contributed by atoms with Crippen molar-refractivity contribution in [3.63, 3.8) is 0 Å². The van der Waals surface area contributed by atoms with Crippen molar-refractivity contribution in [1.29, 1.82) is 0 Å². The fourth-order valence-electron chi connectivity index (χ4n) is 4.84. The molecule has 0 bridgehead atoms. The number of halogens is 3. The molecule has 200 valence electrons. The predicted octanol–water partition coefficient (Wildman–Crippen LogP) is 5.51. The molecule has 1 aromatic heterocycles. The third-order valence-corrected chi connectivity index (χ3v) is 6.88. The quantitative estimate of drug-likeness (QED) is 0.326. The van der Waals surface area contributed by atoms with E-state index in [1.165, 1.54) is 22.9 Å². The smallest absolute Gasteiger partial charge is 0.351 e. The Balaban J connectivity index is 1.21. The number of aromatic nitrogens is 2. The van der Waals surface area contributed by atoms with Crippen molar-refractivity contribution in [3.05, 3.63) is 125 Å². The molecule has 9 heteroatoms. The van der Waals surface area contributed by atoms with Crippen molar-refractivity contribution >= 4 is 11.8 Å². The second-order valence-electron chi connectivity index (χ2n) is 9.48. The van der Waals surface area contributed by atoms with Gasteiger partial charge in [-0.05, 0) is 35.2 Å². The first-order chi connectivity index (χ1) is 18.8. The fraction of sp³-hybridized carbons (Fsp3) is 0.233. The van der Waals surface area contributed by atoms with E-state index in [0.717, 1.165) is 23.3 Å². The van der Waals surface area contributed by atoms with E-state index < -0.39 is 11.7 Å². The van der Waals surface area contributed by atoms with Crippen LogP contribution >= 0.6 is 0 Å². The number of carbonyl (C=O) groups is 2. The van der Waals surface area contributed by atoms with E-state index in [4.69, 9.17) is 0 Å². The SMILES string of the molecule is O=C(NCCC(c1ccccc1)c1ccccc1)c1cc2n(n1)CCN(Cc1ccc(C(F)(F)F)cc1)C2=O. The molecule has 1 aliphatic rings. The second kappa shape index (κ2) is 11.1. The van der Waals surface area contributed by atoms with Crippen LogP contribution < -0.4 is 5.32 Å². The van der Waals surface area contributed by atoms with Gasteiger partial charge in [0.15, 0.2) is 5.69 Å². The number of hydrogen-bond acceptors (Lipinski definition) is 3. The van der Waals surface area contributed by atoms with Crippen molar-refractivity contribution in [3.8, 4) is 0 Å². The van der Waals surface area contributed by atoms with Gasteiger partial charge >= 0.3 is 6.18 Å². The van der Waals surface area contributed by atoms with Crippen LogP contribution in [0, 0.1) is 0 Å². The molecule has 2 heterocycles. The molecule has 5 rings (SSSR count). The Labute approximate surface area is 224 Å². The number of nitrogens with zero attached hydrogens (tertiary/aromatic N) is 3. The predicted molar refractivity (Wildman–Crippen MR) is 140 cm³/mol. The zero-order valence-corrected chi connectivity index (χ0v) is 21.1. The van der Waals surface area contributed by atoms with Gasteiger partial charge in [-0.2, -0.15) is 18.3 Å². The Bertz CT molecular complexity index is 1400. The minimum absolute atomic E-state index is 0.114. The molecule has 0 unspecified atom stereocenters. The molecule has 39 heavy (non-hydrogen) atoms. The van der Waals surface area contributed by atoms with E-state index in [-0.39, 0.29) is 35.7 Å². The highest BCUT2D eigenvalue weighted by Crippen LogP contribution is 2.30. The van der Waals surface area contributed by atoms with Crippen molar-refractivity contribution in [2.24, 2.45) is 0 Å². The summed E-state index contributed by atoms with van der Waals surface area (Å²) in [6, 6.07) is 26.5. The van der Waals surface area contributed by atoms with Gasteiger partial charge < -0.3 is 10.2 Å². The molecule has 3 aromatic carbocycles. The molecule has 0 spiro atoms. The Morgan fingerprint density at radius 3 is 2.10 bits per heavy atom. The van der Waals surface area contributed by atoms with Crippen molar-refractivity contribution in [1.82, 2.24) is 20.0 Å². The van der Waals surface area contributed by atoms with Gasteiger partial charge in [-0.3, -0.25) is 14.3 Å². The van der Waals surface area contributed by atoms with Crippen LogP contribution in [-0.4, -0.2) is 39.6 Å². The molecular weight excluding hydrogens is 505 g/mol. The summed E-state index contributed by atoms with van der Waals surface area (Å²) in [5.74, 6) is -0.567. The van der Waals surface area contributed by atoms with Crippen LogP contribution in [0.3, 0.4) is 0 Å². The summed E-state index contributed by atoms with van der Waals surface area (Å²) in [7, 11) is 0. The third kappa shape index (κ3) is 6.03. The first kappa shape index (κ1) is 26.2. The van der Waals surface area contributed by atoms with Gasteiger partial charge in [0.25, 0.3) is 11.8 Å². The van der Waals surface area contributed by atoms with Crippen LogP contribution in [0.15, 0.2) is 91.0 Å². The molecule has 2 amide bonds. The molecule has 0 saturated carbocycles. The van der Waals surface area contributed by atoms with E-state index in [2.05, 4.69) is 34.7 Å². The van der Waals surface area contributed by atoms with Gasteiger partial charge in [-0.1, -0.05) is 72.8 Å². The molecule has 6 nitrogen and oxygen atoms in total. The van der Waals surface area contributed by atoms with Gasteiger partial charge in [-0.25, -0.2) is 0 Å². The number of amides is 2. The van der Waals surface area contributed by atoms with Gasteiger partial charge in [0.1, 0.15) is 5.69 Å². The minimum Gasteiger partial charge on any atom is -0.351 e. The highest BCUT2D eigenvalue weighted by atomic mass is 19.4. The molecule has 0 atom stereocenters. The highest BCUT2D eigenvalue weighted by Gasteiger charge is 2.31. The number of rotatable bonds is 8. The van der Waals surface area contributed by atoms with E-state index in [9.17, 15) is 22.8 Å². The van der Waals surface area contributed by atoms with Crippen LogP contribution in [-0.2, 0) is 19.3 Å². The lowest BCUT2D eigenvalue weighted by molar-refractivity contribution is -0.137. The Kier molecular flexibility index (Phi) is 7.49. The van der Waals surface area contributed by atoms with Gasteiger partial charge in [0.05, 0.1) is 12.1 Å². The maximum Gasteiger partial charge on any atom is 0.416 e. The number of alkyl halides is 3. The van der Waals surface area contributed by atoms with Crippen LogP contribution in [0.1, 0.15) is 55.6 Å². The Hall–Kier alpha value is -4.40. The van der Waals surface area contributed by atoms with E-state index in [1.54, 1.807) is 4.90 Å². The first-order valence-corrected chi connectivity index (χ1v) is 12.7. The lowest BCUT2D eigenvalue weighted by atomic mass is 9.88.